The fourth-order valence-electron chi connectivity index (χ4n) is 2.78. The fraction of sp³-hybridized carbons (Fsp3) is 0.167. The number of hydrogen-bond donors (Lipinski definition) is 0. The van der Waals surface area contributed by atoms with E-state index >= 15 is 0 Å². The van der Waals surface area contributed by atoms with E-state index in [0.29, 0.717) is 17.1 Å². The van der Waals surface area contributed by atoms with Gasteiger partial charge in [0.1, 0.15) is 0 Å². The van der Waals surface area contributed by atoms with E-state index in [1.165, 1.54) is 24.3 Å². The van der Waals surface area contributed by atoms with Crippen LogP contribution in [0.4, 0.5) is 5.69 Å². The van der Waals surface area contributed by atoms with Crippen LogP contribution in [0.3, 0.4) is 0 Å². The minimum atomic E-state index is -1.30. The molecular formula is C18H13ClNO4-. The maximum absolute atomic E-state index is 12.6. The van der Waals surface area contributed by atoms with Gasteiger partial charge in [-0.25, -0.2) is 0 Å². The predicted octanol–water partition coefficient (Wildman–Crippen LogP) is 1.83. The molecule has 0 spiro atoms. The van der Waals surface area contributed by atoms with E-state index in [1.807, 2.05) is 12.1 Å². The van der Waals surface area contributed by atoms with Crippen molar-refractivity contribution in [2.45, 2.75) is 12.8 Å². The Morgan fingerprint density at radius 2 is 1.71 bits per heavy atom. The summed E-state index contributed by atoms with van der Waals surface area (Å²) in [5.41, 5.74) is 1.30. The van der Waals surface area contributed by atoms with Gasteiger partial charge < -0.3 is 9.90 Å². The number of anilines is 1. The van der Waals surface area contributed by atoms with Gasteiger partial charge in [-0.3, -0.25) is 14.5 Å². The summed E-state index contributed by atoms with van der Waals surface area (Å²) in [6.45, 7) is 0. The number of imide groups is 1. The summed E-state index contributed by atoms with van der Waals surface area (Å²) >= 11 is 5.84. The van der Waals surface area contributed by atoms with Crippen LogP contribution in [0, 0.1) is 5.92 Å². The van der Waals surface area contributed by atoms with Crippen LogP contribution < -0.4 is 10.0 Å². The van der Waals surface area contributed by atoms with Gasteiger partial charge in [-0.15, -0.1) is 0 Å². The minimum absolute atomic E-state index is 0.00411. The summed E-state index contributed by atoms with van der Waals surface area (Å²) in [6.07, 6.45) is 0.582. The Bertz CT molecular complexity index is 799. The van der Waals surface area contributed by atoms with Crippen LogP contribution in [0.5, 0.6) is 0 Å². The Balaban J connectivity index is 1.78. The molecule has 0 aliphatic carbocycles. The number of nitrogens with zero attached hydrogens (tertiary/aromatic N) is 1. The topological polar surface area (TPSA) is 77.5 Å². The molecule has 1 fully saturated rings. The van der Waals surface area contributed by atoms with E-state index in [9.17, 15) is 19.5 Å². The first-order chi connectivity index (χ1) is 11.5. The molecule has 0 N–H and O–H groups in total. The van der Waals surface area contributed by atoms with Crippen molar-refractivity contribution in [1.29, 1.82) is 0 Å². The van der Waals surface area contributed by atoms with E-state index in [0.717, 1.165) is 10.5 Å². The highest BCUT2D eigenvalue weighted by molar-refractivity contribution is 6.30. The maximum atomic E-state index is 12.6. The third-order valence-corrected chi connectivity index (χ3v) is 4.25. The van der Waals surface area contributed by atoms with E-state index in [4.69, 9.17) is 11.6 Å². The highest BCUT2D eigenvalue weighted by Crippen LogP contribution is 2.29. The number of carbonyl (C=O) groups excluding carboxylic acids is 3. The molecular weight excluding hydrogens is 330 g/mol. The van der Waals surface area contributed by atoms with Gasteiger partial charge in [-0.2, -0.15) is 0 Å². The standard InChI is InChI=1S/C18H14ClNO4/c19-14-5-1-11(2-6-14)9-13-10-16(21)20(17(13)22)15-7-3-12(4-8-15)18(23)24/h1-8,13H,9-10H2,(H,23,24)/p-1/t13-/m1/s1. The summed E-state index contributed by atoms with van der Waals surface area (Å²) in [6, 6.07) is 12.7. The molecule has 2 aromatic rings. The van der Waals surface area contributed by atoms with Crippen molar-refractivity contribution in [2.24, 2.45) is 5.92 Å². The molecule has 6 heteroatoms. The zero-order chi connectivity index (χ0) is 17.3. The molecule has 1 aliphatic rings. The molecule has 0 aromatic heterocycles. The molecule has 0 radical (unpaired) electrons. The minimum Gasteiger partial charge on any atom is -0.545 e. The molecule has 2 aromatic carbocycles. The number of carboxylic acids is 1. The van der Waals surface area contributed by atoms with E-state index in [2.05, 4.69) is 0 Å². The number of rotatable bonds is 4. The van der Waals surface area contributed by atoms with Crippen LogP contribution >= 0.6 is 11.6 Å². The highest BCUT2D eigenvalue weighted by Gasteiger charge is 2.39. The smallest absolute Gasteiger partial charge is 0.237 e. The SMILES string of the molecule is O=C([O-])c1ccc(N2C(=O)C[C@@H](Cc3ccc(Cl)cc3)C2=O)cc1. The number of aromatic carboxylic acids is 1. The quantitative estimate of drug-likeness (QED) is 0.794. The van der Waals surface area contributed by atoms with Crippen molar-refractivity contribution in [1.82, 2.24) is 0 Å². The average Bonchev–Trinajstić information content (AvgIpc) is 2.83. The Morgan fingerprint density at radius 1 is 1.08 bits per heavy atom. The molecule has 1 aliphatic heterocycles. The van der Waals surface area contributed by atoms with Crippen molar-refractivity contribution < 1.29 is 19.5 Å². The Labute approximate surface area is 143 Å². The lowest BCUT2D eigenvalue weighted by atomic mass is 9.98. The Hall–Kier alpha value is -2.66. The molecule has 5 nitrogen and oxygen atoms in total. The second-order valence-electron chi connectivity index (χ2n) is 5.63. The summed E-state index contributed by atoms with van der Waals surface area (Å²) in [5, 5.41) is 11.4. The van der Waals surface area contributed by atoms with Crippen LogP contribution in [-0.2, 0) is 16.0 Å². The van der Waals surface area contributed by atoms with Gasteiger partial charge in [0.25, 0.3) is 0 Å². The van der Waals surface area contributed by atoms with Gasteiger partial charge in [-0.1, -0.05) is 35.9 Å². The Kier molecular flexibility index (Phi) is 4.36. The Morgan fingerprint density at radius 3 is 2.29 bits per heavy atom. The predicted molar refractivity (Wildman–Crippen MR) is 86.5 cm³/mol. The van der Waals surface area contributed by atoms with Crippen LogP contribution in [0.15, 0.2) is 48.5 Å². The third-order valence-electron chi connectivity index (χ3n) is 4.00. The monoisotopic (exact) mass is 342 g/mol. The maximum Gasteiger partial charge on any atom is 0.237 e. The molecule has 3 rings (SSSR count). The van der Waals surface area contributed by atoms with Crippen molar-refractivity contribution in [2.75, 3.05) is 4.90 Å². The number of carboxylic acid groups (broad SMARTS) is 1. The first kappa shape index (κ1) is 16.2. The molecule has 122 valence electrons. The van der Waals surface area contributed by atoms with E-state index in [1.54, 1.807) is 12.1 Å². The fourth-order valence-corrected chi connectivity index (χ4v) is 2.90. The molecule has 1 atom stereocenters. The van der Waals surface area contributed by atoms with Crippen molar-refractivity contribution in [3.8, 4) is 0 Å². The normalized spacial score (nSPS) is 17.4. The van der Waals surface area contributed by atoms with E-state index in [-0.39, 0.29) is 23.8 Å². The number of halogens is 1. The van der Waals surface area contributed by atoms with Crippen molar-refractivity contribution >= 4 is 35.1 Å². The third kappa shape index (κ3) is 3.16. The second-order valence-corrected chi connectivity index (χ2v) is 6.07. The molecule has 24 heavy (non-hydrogen) atoms. The highest BCUT2D eigenvalue weighted by atomic mass is 35.5. The van der Waals surface area contributed by atoms with Gasteiger partial charge in [0, 0.05) is 11.4 Å². The lowest BCUT2D eigenvalue weighted by molar-refractivity contribution is -0.255. The summed E-state index contributed by atoms with van der Waals surface area (Å²) < 4.78 is 0. The van der Waals surface area contributed by atoms with E-state index < -0.39 is 11.9 Å². The van der Waals surface area contributed by atoms with Crippen molar-refractivity contribution in [3.05, 3.63) is 64.7 Å². The summed E-state index contributed by atoms with van der Waals surface area (Å²) in [4.78, 5) is 36.7. The first-order valence-corrected chi connectivity index (χ1v) is 7.76. The molecule has 0 unspecified atom stereocenters. The zero-order valence-corrected chi connectivity index (χ0v) is 13.3. The largest absolute Gasteiger partial charge is 0.545 e. The van der Waals surface area contributed by atoms with Gasteiger partial charge in [0.05, 0.1) is 17.6 Å². The average molecular weight is 343 g/mol. The molecule has 2 amide bonds. The summed E-state index contributed by atoms with van der Waals surface area (Å²) in [7, 11) is 0. The molecule has 0 saturated carbocycles. The van der Waals surface area contributed by atoms with Crippen LogP contribution in [-0.4, -0.2) is 17.8 Å². The summed E-state index contributed by atoms with van der Waals surface area (Å²) in [5.74, 6) is -2.31. The van der Waals surface area contributed by atoms with Crippen molar-refractivity contribution in [3.63, 3.8) is 0 Å². The van der Waals surface area contributed by atoms with Gasteiger partial charge in [0.15, 0.2) is 0 Å². The number of hydrogen-bond acceptors (Lipinski definition) is 4. The molecule has 1 saturated heterocycles. The van der Waals surface area contributed by atoms with Gasteiger partial charge >= 0.3 is 0 Å². The number of benzene rings is 2. The number of carbonyl (C=O) groups is 3. The van der Waals surface area contributed by atoms with Gasteiger partial charge in [0.2, 0.25) is 11.8 Å². The van der Waals surface area contributed by atoms with Crippen LogP contribution in [0.25, 0.3) is 0 Å². The second kappa shape index (κ2) is 6.45. The lowest BCUT2D eigenvalue weighted by Crippen LogP contribution is -2.31. The first-order valence-electron chi connectivity index (χ1n) is 7.38. The van der Waals surface area contributed by atoms with Crippen LogP contribution in [0.1, 0.15) is 22.3 Å². The lowest BCUT2D eigenvalue weighted by Gasteiger charge is -2.16. The number of amides is 2. The van der Waals surface area contributed by atoms with Gasteiger partial charge in [-0.05, 0) is 41.8 Å². The molecule has 0 bridgehead atoms. The van der Waals surface area contributed by atoms with Crippen LogP contribution in [0.2, 0.25) is 5.02 Å². The molecule has 1 heterocycles. The zero-order valence-electron chi connectivity index (χ0n) is 12.6.